The summed E-state index contributed by atoms with van der Waals surface area (Å²) in [6.07, 6.45) is 0. The third-order valence-corrected chi connectivity index (χ3v) is 4.27. The predicted molar refractivity (Wildman–Crippen MR) is 71.1 cm³/mol. The van der Waals surface area contributed by atoms with Crippen molar-refractivity contribution < 1.29 is 14.7 Å². The molecule has 4 nitrogen and oxygen atoms in total. The summed E-state index contributed by atoms with van der Waals surface area (Å²) < 4.78 is 0. The molecule has 6 heteroatoms. The fraction of sp³-hybridized carbons (Fsp3) is 0.333. The van der Waals surface area contributed by atoms with Crippen LogP contribution in [0, 0.1) is 6.92 Å². The molecule has 0 radical (unpaired) electrons. The van der Waals surface area contributed by atoms with Crippen molar-refractivity contribution in [2.75, 3.05) is 11.6 Å². The second-order valence-electron chi connectivity index (χ2n) is 4.09. The van der Waals surface area contributed by atoms with Gasteiger partial charge in [0.1, 0.15) is 6.04 Å². The molecule has 0 unspecified atom stereocenters. The molecule has 0 aliphatic carbocycles. The molecule has 0 bridgehead atoms. The highest BCUT2D eigenvalue weighted by atomic mass is 35.5. The smallest absolute Gasteiger partial charge is 0.327 e. The summed E-state index contributed by atoms with van der Waals surface area (Å²) in [4.78, 5) is 24.7. The van der Waals surface area contributed by atoms with Gasteiger partial charge in [-0.3, -0.25) is 4.79 Å². The van der Waals surface area contributed by atoms with E-state index in [-0.39, 0.29) is 5.91 Å². The Kier molecular flexibility index (Phi) is 3.82. The lowest BCUT2D eigenvalue weighted by Gasteiger charge is -2.20. The van der Waals surface area contributed by atoms with Crippen molar-refractivity contribution in [3.63, 3.8) is 0 Å². The van der Waals surface area contributed by atoms with Crippen molar-refractivity contribution in [3.05, 3.63) is 34.3 Å². The van der Waals surface area contributed by atoms with Gasteiger partial charge in [-0.1, -0.05) is 11.6 Å². The molecule has 0 aromatic heterocycles. The first-order valence-corrected chi connectivity index (χ1v) is 6.91. The number of rotatable bonds is 2. The summed E-state index contributed by atoms with van der Waals surface area (Å²) in [5.74, 6) is -0.364. The summed E-state index contributed by atoms with van der Waals surface area (Å²) in [6.45, 7) is 1.81. The molecule has 1 saturated heterocycles. The molecule has 1 N–H and O–H groups in total. The number of hydrogen-bond donors (Lipinski definition) is 1. The molecule has 1 aliphatic heterocycles. The quantitative estimate of drug-likeness (QED) is 0.905. The number of nitrogens with zero attached hydrogens (tertiary/aromatic N) is 1. The maximum Gasteiger partial charge on any atom is 0.327 e. The molecule has 1 amide bonds. The Hall–Kier alpha value is -1.20. The fourth-order valence-corrected chi connectivity index (χ4v) is 3.05. The lowest BCUT2D eigenvalue weighted by Crippen LogP contribution is -2.41. The van der Waals surface area contributed by atoms with Gasteiger partial charge in [-0.2, -0.15) is 0 Å². The first-order valence-electron chi connectivity index (χ1n) is 5.38. The van der Waals surface area contributed by atoms with Crippen molar-refractivity contribution in [3.8, 4) is 0 Å². The van der Waals surface area contributed by atoms with E-state index in [2.05, 4.69) is 0 Å². The van der Waals surface area contributed by atoms with E-state index in [1.807, 2.05) is 6.92 Å². The number of amides is 1. The molecule has 0 spiro atoms. The van der Waals surface area contributed by atoms with Gasteiger partial charge in [0.15, 0.2) is 0 Å². The van der Waals surface area contributed by atoms with Crippen LogP contribution in [0.4, 0.5) is 0 Å². The first kappa shape index (κ1) is 13.2. The molecule has 1 fully saturated rings. The minimum atomic E-state index is -0.959. The van der Waals surface area contributed by atoms with E-state index in [0.29, 0.717) is 22.2 Å². The van der Waals surface area contributed by atoms with Crippen LogP contribution < -0.4 is 0 Å². The standard InChI is InChI=1S/C12H12ClNO3S/c1-7-4-8(2-3-9(7)13)11(15)14-6-18-5-10(14)12(16)17/h2-4,10H,5-6H2,1H3,(H,16,17)/t10-/m0/s1. The van der Waals surface area contributed by atoms with Crippen LogP contribution in [-0.4, -0.2) is 39.6 Å². The van der Waals surface area contributed by atoms with Crippen molar-refractivity contribution >= 4 is 35.2 Å². The minimum absolute atomic E-state index is 0.257. The largest absolute Gasteiger partial charge is 0.480 e. The van der Waals surface area contributed by atoms with Crippen LogP contribution in [0.3, 0.4) is 0 Å². The number of aryl methyl sites for hydroxylation is 1. The van der Waals surface area contributed by atoms with Gasteiger partial charge < -0.3 is 10.0 Å². The third-order valence-electron chi connectivity index (χ3n) is 2.83. The second kappa shape index (κ2) is 5.20. The van der Waals surface area contributed by atoms with Gasteiger partial charge >= 0.3 is 5.97 Å². The van der Waals surface area contributed by atoms with Crippen LogP contribution >= 0.6 is 23.4 Å². The number of carbonyl (C=O) groups excluding carboxylic acids is 1. The van der Waals surface area contributed by atoms with Gasteiger partial charge in [0.05, 0.1) is 5.88 Å². The molecular weight excluding hydrogens is 274 g/mol. The number of thioether (sulfide) groups is 1. The Bertz CT molecular complexity index is 506. The molecule has 2 rings (SSSR count). The summed E-state index contributed by atoms with van der Waals surface area (Å²) in [5, 5.41) is 9.64. The SMILES string of the molecule is Cc1cc(C(=O)N2CSC[C@H]2C(=O)O)ccc1Cl. The van der Waals surface area contributed by atoms with E-state index < -0.39 is 12.0 Å². The number of carboxylic acids is 1. The van der Waals surface area contributed by atoms with E-state index in [1.165, 1.54) is 16.7 Å². The van der Waals surface area contributed by atoms with Gasteiger partial charge in [-0.15, -0.1) is 11.8 Å². The van der Waals surface area contributed by atoms with Crippen LogP contribution in [0.5, 0.6) is 0 Å². The zero-order valence-corrected chi connectivity index (χ0v) is 11.3. The maximum atomic E-state index is 12.2. The average molecular weight is 286 g/mol. The van der Waals surface area contributed by atoms with Gasteiger partial charge in [0.25, 0.3) is 5.91 Å². The van der Waals surface area contributed by atoms with Crippen molar-refractivity contribution in [2.24, 2.45) is 0 Å². The highest BCUT2D eigenvalue weighted by molar-refractivity contribution is 7.99. The van der Waals surface area contributed by atoms with Crippen molar-refractivity contribution in [1.29, 1.82) is 0 Å². The molecule has 1 aromatic rings. The van der Waals surface area contributed by atoms with E-state index in [0.717, 1.165) is 5.56 Å². The molecule has 18 heavy (non-hydrogen) atoms. The minimum Gasteiger partial charge on any atom is -0.480 e. The highest BCUT2D eigenvalue weighted by Gasteiger charge is 2.34. The maximum absolute atomic E-state index is 12.2. The van der Waals surface area contributed by atoms with Crippen LogP contribution in [0.1, 0.15) is 15.9 Å². The summed E-state index contributed by atoms with van der Waals surface area (Å²) in [6, 6.07) is 4.23. The third kappa shape index (κ3) is 2.47. The van der Waals surface area contributed by atoms with Crippen molar-refractivity contribution in [2.45, 2.75) is 13.0 Å². The summed E-state index contributed by atoms with van der Waals surface area (Å²) in [7, 11) is 0. The summed E-state index contributed by atoms with van der Waals surface area (Å²) in [5.41, 5.74) is 1.28. The average Bonchev–Trinajstić information content (AvgIpc) is 2.81. The van der Waals surface area contributed by atoms with Gasteiger partial charge in [0, 0.05) is 16.3 Å². The van der Waals surface area contributed by atoms with Gasteiger partial charge in [0.2, 0.25) is 0 Å². The first-order chi connectivity index (χ1) is 8.50. The lowest BCUT2D eigenvalue weighted by molar-refractivity contribution is -0.140. The van der Waals surface area contributed by atoms with E-state index >= 15 is 0 Å². The second-order valence-corrected chi connectivity index (χ2v) is 5.50. The Balaban J connectivity index is 2.25. The molecule has 1 atom stereocenters. The highest BCUT2D eigenvalue weighted by Crippen LogP contribution is 2.24. The fourth-order valence-electron chi connectivity index (χ4n) is 1.79. The molecule has 96 valence electrons. The van der Waals surface area contributed by atoms with Gasteiger partial charge in [-0.25, -0.2) is 4.79 Å². The zero-order valence-electron chi connectivity index (χ0n) is 9.72. The number of carbonyl (C=O) groups is 2. The monoisotopic (exact) mass is 285 g/mol. The predicted octanol–water partition coefficient (Wildman–Crippen LogP) is 2.25. The van der Waals surface area contributed by atoms with Crippen molar-refractivity contribution in [1.82, 2.24) is 4.90 Å². The van der Waals surface area contributed by atoms with E-state index in [9.17, 15) is 9.59 Å². The van der Waals surface area contributed by atoms with Gasteiger partial charge in [-0.05, 0) is 30.7 Å². The van der Waals surface area contributed by atoms with Crippen LogP contribution in [0.2, 0.25) is 5.02 Å². The van der Waals surface area contributed by atoms with E-state index in [1.54, 1.807) is 18.2 Å². The topological polar surface area (TPSA) is 57.6 Å². The number of benzene rings is 1. The van der Waals surface area contributed by atoms with E-state index in [4.69, 9.17) is 16.7 Å². The number of hydrogen-bond acceptors (Lipinski definition) is 3. The zero-order chi connectivity index (χ0) is 13.3. The molecule has 1 aliphatic rings. The number of halogens is 1. The van der Waals surface area contributed by atoms with Crippen LogP contribution in [0.15, 0.2) is 18.2 Å². The van der Waals surface area contributed by atoms with Crippen LogP contribution in [-0.2, 0) is 4.79 Å². The number of carboxylic acid groups (broad SMARTS) is 1. The molecule has 1 heterocycles. The Morgan fingerprint density at radius 3 is 2.83 bits per heavy atom. The molecule has 1 aromatic carbocycles. The Morgan fingerprint density at radius 1 is 1.50 bits per heavy atom. The summed E-state index contributed by atoms with van der Waals surface area (Å²) >= 11 is 7.35. The van der Waals surface area contributed by atoms with Crippen LogP contribution in [0.25, 0.3) is 0 Å². The Morgan fingerprint density at radius 2 is 2.22 bits per heavy atom. The molecular formula is C12H12ClNO3S. The lowest BCUT2D eigenvalue weighted by atomic mass is 10.1. The normalized spacial score (nSPS) is 19.0. The molecule has 0 saturated carbocycles. The number of aliphatic carboxylic acids is 1. The Labute approximate surface area is 114 Å².